The highest BCUT2D eigenvalue weighted by Gasteiger charge is 2.05. The lowest BCUT2D eigenvalue weighted by atomic mass is 10.1. The van der Waals surface area contributed by atoms with Crippen LogP contribution < -0.4 is 16.3 Å². The molecule has 0 saturated carbocycles. The van der Waals surface area contributed by atoms with E-state index in [9.17, 15) is 4.79 Å². The minimum atomic E-state index is -0.373. The summed E-state index contributed by atoms with van der Waals surface area (Å²) in [5.74, 6) is 0. The van der Waals surface area contributed by atoms with Crippen LogP contribution in [0.5, 0.6) is 0 Å². The molecule has 148 valence electrons. The highest BCUT2D eigenvalue weighted by Crippen LogP contribution is 2.22. The van der Waals surface area contributed by atoms with Crippen molar-refractivity contribution < 1.29 is 4.42 Å². The minimum Gasteiger partial charge on any atom is -0.423 e. The Hall–Kier alpha value is -3.84. The molecule has 7 heteroatoms. The summed E-state index contributed by atoms with van der Waals surface area (Å²) in [5, 5.41) is 15.9. The van der Waals surface area contributed by atoms with Crippen LogP contribution in [-0.2, 0) is 0 Å². The van der Waals surface area contributed by atoms with Gasteiger partial charge in [-0.1, -0.05) is 18.2 Å². The van der Waals surface area contributed by atoms with Gasteiger partial charge in [-0.15, -0.1) is 0 Å². The number of aryl methyl sites for hydroxylation is 1. The van der Waals surface area contributed by atoms with Gasteiger partial charge in [-0.05, 0) is 73.2 Å². The number of nitrogens with zero attached hydrogens (tertiary/aromatic N) is 2. The van der Waals surface area contributed by atoms with Gasteiger partial charge >= 0.3 is 5.63 Å². The van der Waals surface area contributed by atoms with Crippen LogP contribution >= 0.6 is 12.2 Å². The highest BCUT2D eigenvalue weighted by molar-refractivity contribution is 7.80. The molecule has 0 atom stereocenters. The number of hydrogen-bond acceptors (Lipinski definition) is 5. The smallest absolute Gasteiger partial charge is 0.336 e. The van der Waals surface area contributed by atoms with Gasteiger partial charge in [0, 0.05) is 28.9 Å². The van der Waals surface area contributed by atoms with Crippen molar-refractivity contribution in [3.8, 4) is 0 Å². The summed E-state index contributed by atoms with van der Waals surface area (Å²) in [7, 11) is 0. The maximum atomic E-state index is 11.6. The van der Waals surface area contributed by atoms with Gasteiger partial charge in [-0.25, -0.2) is 4.79 Å². The Morgan fingerprint density at radius 2 is 1.47 bits per heavy atom. The summed E-state index contributed by atoms with van der Waals surface area (Å²) in [5.41, 5.74) is 4.09. The monoisotopic (exact) mass is 414 g/mol. The molecule has 0 aliphatic carbocycles. The second-order valence-corrected chi connectivity index (χ2v) is 7.03. The quantitative estimate of drug-likeness (QED) is 0.232. The summed E-state index contributed by atoms with van der Waals surface area (Å²) in [6.45, 7) is 1.88. The Morgan fingerprint density at radius 1 is 0.833 bits per heavy atom. The lowest BCUT2D eigenvalue weighted by Gasteiger charge is -2.11. The molecule has 1 aromatic heterocycles. The van der Waals surface area contributed by atoms with Crippen LogP contribution in [0, 0.1) is 6.92 Å². The molecule has 2 N–H and O–H groups in total. The first-order valence-corrected chi connectivity index (χ1v) is 9.67. The molecule has 6 nitrogen and oxygen atoms in total. The van der Waals surface area contributed by atoms with Crippen molar-refractivity contribution >= 4 is 51.0 Å². The van der Waals surface area contributed by atoms with E-state index in [1.165, 1.54) is 6.07 Å². The van der Waals surface area contributed by atoms with E-state index in [1.807, 2.05) is 73.7 Å². The van der Waals surface area contributed by atoms with E-state index in [1.54, 1.807) is 6.07 Å². The van der Waals surface area contributed by atoms with Crippen molar-refractivity contribution in [2.45, 2.75) is 6.92 Å². The van der Waals surface area contributed by atoms with Crippen molar-refractivity contribution in [2.24, 2.45) is 10.2 Å². The van der Waals surface area contributed by atoms with Gasteiger partial charge in [0.15, 0.2) is 5.11 Å². The zero-order valence-corrected chi connectivity index (χ0v) is 16.9. The average molecular weight is 414 g/mol. The molecule has 0 aliphatic heterocycles. The van der Waals surface area contributed by atoms with Crippen LogP contribution in [0.1, 0.15) is 5.56 Å². The molecule has 0 saturated heterocycles. The third kappa shape index (κ3) is 4.76. The van der Waals surface area contributed by atoms with Crippen LogP contribution in [-0.4, -0.2) is 5.11 Å². The summed E-state index contributed by atoms with van der Waals surface area (Å²) in [6, 6.07) is 24.0. The van der Waals surface area contributed by atoms with E-state index in [0.717, 1.165) is 33.7 Å². The van der Waals surface area contributed by atoms with Crippen LogP contribution in [0.2, 0.25) is 0 Å². The van der Waals surface area contributed by atoms with Gasteiger partial charge in [0.05, 0.1) is 11.4 Å². The van der Waals surface area contributed by atoms with Crippen LogP contribution in [0.4, 0.5) is 22.7 Å². The molecule has 0 fully saturated rings. The number of fused-ring (bicyclic) bond motifs is 1. The van der Waals surface area contributed by atoms with Gasteiger partial charge < -0.3 is 15.1 Å². The molecule has 4 aromatic rings. The lowest BCUT2D eigenvalue weighted by molar-refractivity contribution is 0.560. The molecule has 0 radical (unpaired) electrons. The lowest BCUT2D eigenvalue weighted by Crippen LogP contribution is -2.18. The Balaban J connectivity index is 1.41. The van der Waals surface area contributed by atoms with Gasteiger partial charge in [-0.3, -0.25) is 0 Å². The third-order valence-corrected chi connectivity index (χ3v) is 4.58. The fourth-order valence-corrected chi connectivity index (χ4v) is 3.15. The van der Waals surface area contributed by atoms with Crippen LogP contribution in [0.15, 0.2) is 98.3 Å². The number of anilines is 2. The summed E-state index contributed by atoms with van der Waals surface area (Å²) in [4.78, 5) is 11.6. The van der Waals surface area contributed by atoms with Gasteiger partial charge in [-0.2, -0.15) is 10.2 Å². The standard InChI is InChI=1S/C23H18N4O2S/c1-15-13-22(28)29-21-14-19(11-12-20(15)21)25-23(30)24-16-7-9-18(10-8-16)27-26-17-5-3-2-4-6-17/h2-14H,1H3,(H2,24,25,30). The van der Waals surface area contributed by atoms with Crippen LogP contribution in [0.3, 0.4) is 0 Å². The number of benzene rings is 3. The van der Waals surface area contributed by atoms with E-state index < -0.39 is 0 Å². The van der Waals surface area contributed by atoms with Crippen molar-refractivity contribution in [1.29, 1.82) is 0 Å². The fourth-order valence-electron chi connectivity index (χ4n) is 2.92. The first kappa shape index (κ1) is 19.5. The zero-order chi connectivity index (χ0) is 20.9. The van der Waals surface area contributed by atoms with E-state index in [4.69, 9.17) is 16.6 Å². The van der Waals surface area contributed by atoms with E-state index in [0.29, 0.717) is 10.7 Å². The topological polar surface area (TPSA) is 79.0 Å². The van der Waals surface area contributed by atoms with E-state index in [-0.39, 0.29) is 5.63 Å². The summed E-state index contributed by atoms with van der Waals surface area (Å²) in [6.07, 6.45) is 0. The Kier molecular flexibility index (Phi) is 5.63. The predicted molar refractivity (Wildman–Crippen MR) is 124 cm³/mol. The Labute approximate surface area is 178 Å². The van der Waals surface area contributed by atoms with Crippen molar-refractivity contribution in [2.75, 3.05) is 10.6 Å². The van der Waals surface area contributed by atoms with Gasteiger partial charge in [0.1, 0.15) is 5.58 Å². The maximum Gasteiger partial charge on any atom is 0.336 e. The second-order valence-electron chi connectivity index (χ2n) is 6.62. The Morgan fingerprint density at radius 3 is 2.20 bits per heavy atom. The number of azo groups is 1. The molecule has 0 unspecified atom stereocenters. The van der Waals surface area contributed by atoms with Crippen LogP contribution in [0.25, 0.3) is 11.0 Å². The van der Waals surface area contributed by atoms with Gasteiger partial charge in [0.25, 0.3) is 0 Å². The van der Waals surface area contributed by atoms with E-state index >= 15 is 0 Å². The molecule has 1 heterocycles. The molecule has 30 heavy (non-hydrogen) atoms. The normalized spacial score (nSPS) is 11.0. The molecule has 0 aliphatic rings. The number of hydrogen-bond donors (Lipinski definition) is 2. The first-order chi connectivity index (χ1) is 14.6. The van der Waals surface area contributed by atoms with Gasteiger partial charge in [0.2, 0.25) is 0 Å². The molecule has 0 amide bonds. The molecule has 3 aromatic carbocycles. The Bertz CT molecular complexity index is 1280. The highest BCUT2D eigenvalue weighted by atomic mass is 32.1. The second kappa shape index (κ2) is 8.67. The van der Waals surface area contributed by atoms with E-state index in [2.05, 4.69) is 20.9 Å². The summed E-state index contributed by atoms with van der Waals surface area (Å²) >= 11 is 5.38. The third-order valence-electron chi connectivity index (χ3n) is 4.37. The molecular weight excluding hydrogens is 396 g/mol. The maximum absolute atomic E-state index is 11.6. The SMILES string of the molecule is Cc1cc(=O)oc2cc(NC(=S)Nc3ccc(N=Nc4ccccc4)cc3)ccc12. The molecule has 0 spiro atoms. The number of thiocarbonyl (C=S) groups is 1. The summed E-state index contributed by atoms with van der Waals surface area (Å²) < 4.78 is 5.27. The first-order valence-electron chi connectivity index (χ1n) is 9.26. The number of rotatable bonds is 4. The number of nitrogens with one attached hydrogen (secondary N) is 2. The fraction of sp³-hybridized carbons (Fsp3) is 0.0435. The molecule has 0 bridgehead atoms. The van der Waals surface area contributed by atoms with Crippen molar-refractivity contribution in [1.82, 2.24) is 0 Å². The largest absolute Gasteiger partial charge is 0.423 e. The average Bonchev–Trinajstić information content (AvgIpc) is 2.73. The predicted octanol–water partition coefficient (Wildman–Crippen LogP) is 6.33. The minimum absolute atomic E-state index is 0.373. The molecular formula is C23H18N4O2S. The van der Waals surface area contributed by atoms with Crippen molar-refractivity contribution in [3.05, 3.63) is 94.8 Å². The molecule has 4 rings (SSSR count). The zero-order valence-electron chi connectivity index (χ0n) is 16.1. The van der Waals surface area contributed by atoms with Crippen molar-refractivity contribution in [3.63, 3.8) is 0 Å².